The Balaban J connectivity index is 2.12. The number of benzene rings is 1. The predicted molar refractivity (Wildman–Crippen MR) is 81.0 cm³/mol. The quantitative estimate of drug-likeness (QED) is 0.589. The summed E-state index contributed by atoms with van der Waals surface area (Å²) in [6.45, 7) is 2.25. The van der Waals surface area contributed by atoms with Crippen molar-refractivity contribution in [2.45, 2.75) is 64.3 Å². The maximum atomic E-state index is 6.17. The van der Waals surface area contributed by atoms with Gasteiger partial charge in [0.15, 0.2) is 0 Å². The van der Waals surface area contributed by atoms with Crippen LogP contribution in [0.25, 0.3) is 0 Å². The van der Waals surface area contributed by atoms with Gasteiger partial charge in [-0.2, -0.15) is 0 Å². The average molecular weight is 268 g/mol. The first kappa shape index (κ1) is 15.5. The molecule has 1 nitrogen and oxygen atoms in total. The molecule has 0 amide bonds. The lowest BCUT2D eigenvalue weighted by Gasteiger charge is -2.12. The summed E-state index contributed by atoms with van der Waals surface area (Å²) < 4.78 is 0. The van der Waals surface area contributed by atoms with Crippen molar-refractivity contribution in [1.82, 2.24) is 0 Å². The van der Waals surface area contributed by atoms with Crippen LogP contribution in [-0.4, -0.2) is 0 Å². The van der Waals surface area contributed by atoms with E-state index in [4.69, 9.17) is 17.3 Å². The minimum atomic E-state index is 0.138. The van der Waals surface area contributed by atoms with Gasteiger partial charge in [-0.1, -0.05) is 75.6 Å². The van der Waals surface area contributed by atoms with E-state index >= 15 is 0 Å². The highest BCUT2D eigenvalue weighted by Gasteiger charge is 2.05. The smallest absolute Gasteiger partial charge is 0.0409 e. The van der Waals surface area contributed by atoms with E-state index in [-0.39, 0.29) is 6.04 Å². The molecule has 0 aromatic heterocycles. The third-order valence-electron chi connectivity index (χ3n) is 3.40. The molecule has 1 rings (SSSR count). The zero-order valence-corrected chi connectivity index (χ0v) is 12.3. The molecule has 0 aliphatic carbocycles. The Bertz CT molecular complexity index is 325. The molecule has 0 aliphatic heterocycles. The third kappa shape index (κ3) is 6.42. The number of rotatable bonds is 9. The second kappa shape index (κ2) is 9.41. The maximum absolute atomic E-state index is 6.17. The van der Waals surface area contributed by atoms with E-state index in [1.807, 2.05) is 18.2 Å². The van der Waals surface area contributed by atoms with Gasteiger partial charge >= 0.3 is 0 Å². The van der Waals surface area contributed by atoms with Crippen LogP contribution in [0.4, 0.5) is 0 Å². The second-order valence-electron chi connectivity index (χ2n) is 5.07. The first-order chi connectivity index (χ1) is 8.74. The number of hydrogen-bond donors (Lipinski definition) is 1. The molecule has 102 valence electrons. The van der Waals surface area contributed by atoms with Crippen LogP contribution in [0, 0.1) is 0 Å². The van der Waals surface area contributed by atoms with Crippen molar-refractivity contribution in [3.05, 3.63) is 34.9 Å². The van der Waals surface area contributed by atoms with Crippen LogP contribution in [0.1, 0.15) is 69.9 Å². The Hall–Kier alpha value is -0.530. The van der Waals surface area contributed by atoms with Crippen molar-refractivity contribution >= 4 is 11.6 Å². The van der Waals surface area contributed by atoms with Gasteiger partial charge in [0.25, 0.3) is 0 Å². The van der Waals surface area contributed by atoms with Crippen LogP contribution >= 0.6 is 11.6 Å². The van der Waals surface area contributed by atoms with Gasteiger partial charge in [-0.05, 0) is 24.1 Å². The Morgan fingerprint density at radius 1 is 1.06 bits per heavy atom. The molecule has 0 spiro atoms. The summed E-state index contributed by atoms with van der Waals surface area (Å²) >= 11 is 5.97. The zero-order chi connectivity index (χ0) is 13.2. The van der Waals surface area contributed by atoms with Crippen molar-refractivity contribution in [2.75, 3.05) is 0 Å². The Morgan fingerprint density at radius 2 is 1.72 bits per heavy atom. The molecular weight excluding hydrogens is 242 g/mol. The summed E-state index contributed by atoms with van der Waals surface area (Å²) in [5.41, 5.74) is 7.33. The highest BCUT2D eigenvalue weighted by atomic mass is 35.5. The summed E-state index contributed by atoms with van der Waals surface area (Å²) in [5, 5.41) is 0.780. The molecule has 1 atom stereocenters. The summed E-state index contributed by atoms with van der Waals surface area (Å²) in [6.07, 6.45) is 10.4. The highest BCUT2D eigenvalue weighted by molar-refractivity contribution is 6.30. The first-order valence-electron chi connectivity index (χ1n) is 7.25. The molecule has 0 saturated carbocycles. The van der Waals surface area contributed by atoms with E-state index < -0.39 is 0 Å². The van der Waals surface area contributed by atoms with Crippen molar-refractivity contribution < 1.29 is 0 Å². The van der Waals surface area contributed by atoms with Gasteiger partial charge in [-0.15, -0.1) is 0 Å². The molecule has 0 heterocycles. The molecule has 1 aromatic rings. The minimum absolute atomic E-state index is 0.138. The van der Waals surface area contributed by atoms with Crippen LogP contribution in [0.15, 0.2) is 24.3 Å². The van der Waals surface area contributed by atoms with E-state index in [9.17, 15) is 0 Å². The molecule has 0 aliphatic rings. The van der Waals surface area contributed by atoms with Gasteiger partial charge < -0.3 is 5.73 Å². The highest BCUT2D eigenvalue weighted by Crippen LogP contribution is 2.21. The normalized spacial score (nSPS) is 12.6. The SMILES string of the molecule is CCCCCCCCCC(N)c1cccc(Cl)c1. The molecule has 0 radical (unpaired) electrons. The van der Waals surface area contributed by atoms with E-state index in [1.165, 1.54) is 44.9 Å². The Kier molecular flexibility index (Phi) is 8.11. The number of hydrogen-bond acceptors (Lipinski definition) is 1. The number of halogens is 1. The lowest BCUT2D eigenvalue weighted by Crippen LogP contribution is -2.09. The Labute approximate surface area is 117 Å². The third-order valence-corrected chi connectivity index (χ3v) is 3.63. The van der Waals surface area contributed by atoms with Gasteiger partial charge in [-0.3, -0.25) is 0 Å². The lowest BCUT2D eigenvalue weighted by atomic mass is 10.0. The van der Waals surface area contributed by atoms with Gasteiger partial charge in [0.1, 0.15) is 0 Å². The van der Waals surface area contributed by atoms with Crippen molar-refractivity contribution in [3.8, 4) is 0 Å². The number of nitrogens with two attached hydrogens (primary N) is 1. The fourth-order valence-corrected chi connectivity index (χ4v) is 2.42. The zero-order valence-electron chi connectivity index (χ0n) is 11.5. The van der Waals surface area contributed by atoms with Gasteiger partial charge in [0.05, 0.1) is 0 Å². The molecule has 18 heavy (non-hydrogen) atoms. The summed E-state index contributed by atoms with van der Waals surface area (Å²) in [4.78, 5) is 0. The lowest BCUT2D eigenvalue weighted by molar-refractivity contribution is 0.541. The van der Waals surface area contributed by atoms with Crippen LogP contribution in [0.2, 0.25) is 5.02 Å². The second-order valence-corrected chi connectivity index (χ2v) is 5.51. The van der Waals surface area contributed by atoms with E-state index in [1.54, 1.807) is 0 Å². The standard InChI is InChI=1S/C16H26ClN/c1-2-3-4-5-6-7-8-12-16(18)14-10-9-11-15(17)13-14/h9-11,13,16H,2-8,12,18H2,1H3. The van der Waals surface area contributed by atoms with Gasteiger partial charge in [0.2, 0.25) is 0 Å². The largest absolute Gasteiger partial charge is 0.324 e. The monoisotopic (exact) mass is 267 g/mol. The first-order valence-corrected chi connectivity index (χ1v) is 7.63. The molecule has 0 saturated heterocycles. The van der Waals surface area contributed by atoms with Crippen LogP contribution in [0.3, 0.4) is 0 Å². The molecule has 1 aromatic carbocycles. The molecule has 0 bridgehead atoms. The maximum Gasteiger partial charge on any atom is 0.0409 e. The van der Waals surface area contributed by atoms with E-state index in [2.05, 4.69) is 13.0 Å². The van der Waals surface area contributed by atoms with Crippen LogP contribution in [-0.2, 0) is 0 Å². The fraction of sp³-hybridized carbons (Fsp3) is 0.625. The fourth-order valence-electron chi connectivity index (χ4n) is 2.23. The van der Waals surface area contributed by atoms with Gasteiger partial charge in [0, 0.05) is 11.1 Å². The molecule has 0 fully saturated rings. The predicted octanol–water partition coefficient (Wildman–Crippen LogP) is 5.48. The number of unbranched alkanes of at least 4 members (excludes halogenated alkanes) is 6. The molecule has 2 heteroatoms. The van der Waals surface area contributed by atoms with Crippen molar-refractivity contribution in [2.24, 2.45) is 5.73 Å². The molecule has 1 unspecified atom stereocenters. The summed E-state index contributed by atoms with van der Waals surface area (Å²) in [6, 6.07) is 8.05. The minimum Gasteiger partial charge on any atom is -0.324 e. The van der Waals surface area contributed by atoms with E-state index in [0.717, 1.165) is 17.0 Å². The van der Waals surface area contributed by atoms with Crippen LogP contribution in [0.5, 0.6) is 0 Å². The van der Waals surface area contributed by atoms with Gasteiger partial charge in [-0.25, -0.2) is 0 Å². The summed E-state index contributed by atoms with van der Waals surface area (Å²) in [5.74, 6) is 0. The average Bonchev–Trinajstić information content (AvgIpc) is 2.37. The van der Waals surface area contributed by atoms with E-state index in [0.29, 0.717) is 0 Å². The van der Waals surface area contributed by atoms with Crippen molar-refractivity contribution in [1.29, 1.82) is 0 Å². The van der Waals surface area contributed by atoms with Crippen molar-refractivity contribution in [3.63, 3.8) is 0 Å². The molecular formula is C16H26ClN. The topological polar surface area (TPSA) is 26.0 Å². The van der Waals surface area contributed by atoms with Crippen LogP contribution < -0.4 is 5.73 Å². The summed E-state index contributed by atoms with van der Waals surface area (Å²) in [7, 11) is 0. The molecule has 2 N–H and O–H groups in total. The Morgan fingerprint density at radius 3 is 2.39 bits per heavy atom.